The zero-order chi connectivity index (χ0) is 14.0. The Morgan fingerprint density at radius 2 is 1.84 bits per heavy atom. The van der Waals surface area contributed by atoms with E-state index in [0.29, 0.717) is 17.6 Å². The Bertz CT molecular complexity index is 475. The number of phenols is 2. The molecule has 1 saturated heterocycles. The van der Waals surface area contributed by atoms with Crippen LogP contribution in [0, 0.1) is 0 Å². The van der Waals surface area contributed by atoms with Crippen molar-refractivity contribution in [3.8, 4) is 11.5 Å². The van der Waals surface area contributed by atoms with Crippen molar-refractivity contribution in [2.24, 2.45) is 5.10 Å². The number of piperidine rings is 1. The molecule has 0 radical (unpaired) electrons. The van der Waals surface area contributed by atoms with Crippen molar-refractivity contribution in [2.75, 3.05) is 0 Å². The summed E-state index contributed by atoms with van der Waals surface area (Å²) in [4.78, 5) is 0. The predicted octanol–water partition coefficient (Wildman–Crippen LogP) is 3.08. The van der Waals surface area contributed by atoms with Crippen molar-refractivity contribution < 1.29 is 10.2 Å². The Kier molecular flexibility index (Phi) is 3.98. The summed E-state index contributed by atoms with van der Waals surface area (Å²) in [5.74, 6) is 0.132. The molecule has 4 heteroatoms. The minimum atomic E-state index is 0.0637. The summed E-state index contributed by atoms with van der Waals surface area (Å²) in [6.45, 7) is 6.26. The van der Waals surface area contributed by atoms with Crippen LogP contribution >= 0.6 is 0 Å². The van der Waals surface area contributed by atoms with Gasteiger partial charge in [0.15, 0.2) is 0 Å². The molecular weight excluding hydrogens is 240 g/mol. The van der Waals surface area contributed by atoms with Crippen LogP contribution in [0.3, 0.4) is 0 Å². The lowest BCUT2D eigenvalue weighted by Crippen LogP contribution is -2.40. The quantitative estimate of drug-likeness (QED) is 0.805. The van der Waals surface area contributed by atoms with Crippen LogP contribution in [0.1, 0.15) is 45.6 Å². The second-order valence-corrected chi connectivity index (χ2v) is 5.40. The first kappa shape index (κ1) is 13.7. The predicted molar refractivity (Wildman–Crippen MR) is 76.6 cm³/mol. The molecule has 1 aromatic rings. The van der Waals surface area contributed by atoms with Crippen LogP contribution in [-0.4, -0.2) is 33.0 Å². The molecule has 19 heavy (non-hydrogen) atoms. The van der Waals surface area contributed by atoms with Crippen LogP contribution in [0.5, 0.6) is 11.5 Å². The lowest BCUT2D eigenvalue weighted by Gasteiger charge is -2.37. The number of rotatable bonds is 2. The molecule has 4 nitrogen and oxygen atoms in total. The Morgan fingerprint density at radius 1 is 1.21 bits per heavy atom. The van der Waals surface area contributed by atoms with E-state index in [1.54, 1.807) is 12.1 Å². The van der Waals surface area contributed by atoms with Gasteiger partial charge in [0.1, 0.15) is 11.5 Å². The Hall–Kier alpha value is -1.71. The number of phenolic OH excluding ortho intramolecular Hbond substituents is 2. The third-order valence-electron chi connectivity index (χ3n) is 3.78. The van der Waals surface area contributed by atoms with Gasteiger partial charge in [-0.25, -0.2) is 0 Å². The van der Waals surface area contributed by atoms with Gasteiger partial charge in [-0.3, -0.25) is 5.01 Å². The van der Waals surface area contributed by atoms with Gasteiger partial charge >= 0.3 is 0 Å². The summed E-state index contributed by atoms with van der Waals surface area (Å²) in [5.41, 5.74) is 1.45. The molecule has 0 aromatic heterocycles. The third-order valence-corrected chi connectivity index (χ3v) is 3.78. The number of nitrogens with zero attached hydrogens (tertiary/aromatic N) is 2. The largest absolute Gasteiger partial charge is 0.508 e. The van der Waals surface area contributed by atoms with E-state index in [4.69, 9.17) is 0 Å². The highest BCUT2D eigenvalue weighted by Gasteiger charge is 2.23. The van der Waals surface area contributed by atoms with Gasteiger partial charge in [0, 0.05) is 23.7 Å². The van der Waals surface area contributed by atoms with Gasteiger partial charge in [0.05, 0.1) is 5.71 Å². The summed E-state index contributed by atoms with van der Waals surface area (Å²) in [6, 6.07) is 5.47. The van der Waals surface area contributed by atoms with Crippen molar-refractivity contribution in [1.82, 2.24) is 5.01 Å². The first-order valence-electron chi connectivity index (χ1n) is 6.85. The van der Waals surface area contributed by atoms with Gasteiger partial charge in [0.25, 0.3) is 0 Å². The minimum Gasteiger partial charge on any atom is -0.508 e. The number of benzene rings is 1. The number of aromatic hydroxyl groups is 2. The maximum absolute atomic E-state index is 9.86. The molecular formula is C15H22N2O2. The zero-order valence-electron chi connectivity index (χ0n) is 11.8. The number of hydrazone groups is 1. The van der Waals surface area contributed by atoms with Crippen molar-refractivity contribution in [3.63, 3.8) is 0 Å². The van der Waals surface area contributed by atoms with Gasteiger partial charge in [-0.15, -0.1) is 0 Å². The fourth-order valence-corrected chi connectivity index (χ4v) is 2.66. The molecule has 0 amide bonds. The van der Waals surface area contributed by atoms with E-state index in [9.17, 15) is 10.2 Å². The van der Waals surface area contributed by atoms with Gasteiger partial charge in [-0.1, -0.05) is 0 Å². The Balaban J connectivity index is 2.26. The third kappa shape index (κ3) is 3.00. The van der Waals surface area contributed by atoms with Crippen LogP contribution < -0.4 is 0 Å². The smallest absolute Gasteiger partial charge is 0.128 e. The summed E-state index contributed by atoms with van der Waals surface area (Å²) in [6.07, 6.45) is 3.56. The van der Waals surface area contributed by atoms with Gasteiger partial charge in [-0.2, -0.15) is 5.10 Å². The molecule has 0 unspecified atom stereocenters. The molecule has 0 spiro atoms. The maximum Gasteiger partial charge on any atom is 0.128 e. The SMILES string of the molecule is C/C(=N\N1[C@H](C)CCC[C@@H]1C)c1ccc(O)cc1O. The fraction of sp³-hybridized carbons (Fsp3) is 0.533. The lowest BCUT2D eigenvalue weighted by atomic mass is 10.00. The normalized spacial score (nSPS) is 24.6. The second-order valence-electron chi connectivity index (χ2n) is 5.40. The van der Waals surface area contributed by atoms with Gasteiger partial charge in [0.2, 0.25) is 0 Å². The van der Waals surface area contributed by atoms with E-state index in [0.717, 1.165) is 18.6 Å². The fourth-order valence-electron chi connectivity index (χ4n) is 2.66. The van der Waals surface area contributed by atoms with Crippen molar-refractivity contribution in [3.05, 3.63) is 23.8 Å². The highest BCUT2D eigenvalue weighted by molar-refractivity contribution is 6.01. The molecule has 0 aliphatic carbocycles. The molecule has 1 aliphatic heterocycles. The monoisotopic (exact) mass is 262 g/mol. The Morgan fingerprint density at radius 3 is 2.42 bits per heavy atom. The van der Waals surface area contributed by atoms with E-state index >= 15 is 0 Å². The Labute approximate surface area is 114 Å². The lowest BCUT2D eigenvalue weighted by molar-refractivity contribution is 0.108. The van der Waals surface area contributed by atoms with Gasteiger partial charge < -0.3 is 10.2 Å². The molecule has 1 heterocycles. The zero-order valence-corrected chi connectivity index (χ0v) is 11.8. The summed E-state index contributed by atoms with van der Waals surface area (Å²) >= 11 is 0. The highest BCUT2D eigenvalue weighted by Crippen LogP contribution is 2.26. The van der Waals surface area contributed by atoms with E-state index in [1.165, 1.54) is 12.5 Å². The first-order chi connectivity index (χ1) is 8.99. The summed E-state index contributed by atoms with van der Waals surface area (Å²) in [7, 11) is 0. The average molecular weight is 262 g/mol. The van der Waals surface area contributed by atoms with Crippen molar-refractivity contribution in [2.45, 2.75) is 52.1 Å². The van der Waals surface area contributed by atoms with E-state index in [2.05, 4.69) is 24.0 Å². The van der Waals surface area contributed by atoms with E-state index in [1.807, 2.05) is 6.92 Å². The second kappa shape index (κ2) is 5.51. The topological polar surface area (TPSA) is 56.1 Å². The molecule has 104 valence electrons. The maximum atomic E-state index is 9.86. The molecule has 1 aromatic carbocycles. The highest BCUT2D eigenvalue weighted by atomic mass is 16.3. The molecule has 1 aliphatic rings. The summed E-state index contributed by atoms with van der Waals surface area (Å²) < 4.78 is 0. The number of hydrogen-bond donors (Lipinski definition) is 2. The number of hydrogen-bond acceptors (Lipinski definition) is 4. The van der Waals surface area contributed by atoms with E-state index in [-0.39, 0.29) is 11.5 Å². The molecule has 0 saturated carbocycles. The van der Waals surface area contributed by atoms with Crippen molar-refractivity contribution in [1.29, 1.82) is 0 Å². The van der Waals surface area contributed by atoms with Crippen LogP contribution in [0.2, 0.25) is 0 Å². The van der Waals surface area contributed by atoms with Crippen LogP contribution in [0.15, 0.2) is 23.3 Å². The molecule has 1 fully saturated rings. The molecule has 2 atom stereocenters. The molecule has 0 bridgehead atoms. The van der Waals surface area contributed by atoms with Crippen LogP contribution in [0.4, 0.5) is 0 Å². The average Bonchev–Trinajstić information content (AvgIpc) is 2.33. The molecule has 2 N–H and O–H groups in total. The standard InChI is InChI=1S/C15H22N2O2/c1-10-5-4-6-11(2)17(10)16-12(3)14-8-7-13(18)9-15(14)19/h7-11,18-19H,4-6H2,1-3H3/b16-12+/t10-,11+. The van der Waals surface area contributed by atoms with E-state index < -0.39 is 0 Å². The van der Waals surface area contributed by atoms with Crippen LogP contribution in [-0.2, 0) is 0 Å². The minimum absolute atomic E-state index is 0.0637. The molecule has 2 rings (SSSR count). The van der Waals surface area contributed by atoms with Crippen LogP contribution in [0.25, 0.3) is 0 Å². The first-order valence-corrected chi connectivity index (χ1v) is 6.85. The van der Waals surface area contributed by atoms with Gasteiger partial charge in [-0.05, 0) is 52.2 Å². The summed E-state index contributed by atoms with van der Waals surface area (Å²) in [5, 5.41) is 26.0. The van der Waals surface area contributed by atoms with Crippen molar-refractivity contribution >= 4 is 5.71 Å².